The largest absolute Gasteiger partial charge is 0.347 e. The van der Waals surface area contributed by atoms with Gasteiger partial charge in [0.2, 0.25) is 11.9 Å². The van der Waals surface area contributed by atoms with Crippen LogP contribution in [0, 0.1) is 10.1 Å². The second kappa shape index (κ2) is 5.16. The zero-order valence-corrected chi connectivity index (χ0v) is 11.4. The lowest BCUT2D eigenvalue weighted by Crippen LogP contribution is -2.36. The van der Waals surface area contributed by atoms with Crippen LogP contribution < -0.4 is 5.32 Å². The summed E-state index contributed by atoms with van der Waals surface area (Å²) in [6, 6.07) is 3.92. The molecule has 1 unspecified atom stereocenters. The number of benzene rings is 1. The molecule has 0 bridgehead atoms. The molecule has 2 aromatic rings. The number of nitrogens with zero attached hydrogens (tertiary/aromatic N) is 3. The third-order valence-corrected chi connectivity index (χ3v) is 2.84. The highest BCUT2D eigenvalue weighted by atomic mass is 16.6. The molecule has 0 saturated carbocycles. The van der Waals surface area contributed by atoms with Crippen molar-refractivity contribution in [3.8, 4) is 0 Å². The van der Waals surface area contributed by atoms with E-state index in [1.807, 2.05) is 0 Å². The Labute approximate surface area is 114 Å². The summed E-state index contributed by atoms with van der Waals surface area (Å²) >= 11 is 0. The van der Waals surface area contributed by atoms with Gasteiger partial charge in [-0.1, -0.05) is 0 Å². The molecule has 0 aliphatic carbocycles. The summed E-state index contributed by atoms with van der Waals surface area (Å²) in [6.45, 7) is 1.72. The topological polar surface area (TPSA) is 104 Å². The molecule has 8 nitrogen and oxygen atoms in total. The van der Waals surface area contributed by atoms with E-state index in [0.717, 1.165) is 0 Å². The lowest BCUT2D eigenvalue weighted by molar-refractivity contribution is -0.384. The number of nitrogens with one attached hydrogen (secondary N) is 2. The molecule has 1 atom stereocenters. The number of non-ortho nitro benzene ring substituents is 1. The van der Waals surface area contributed by atoms with E-state index in [-0.39, 0.29) is 11.6 Å². The maximum atomic E-state index is 11.7. The van der Waals surface area contributed by atoms with Crippen molar-refractivity contribution in [3.05, 3.63) is 28.3 Å². The average molecular weight is 277 g/mol. The predicted octanol–water partition coefficient (Wildman–Crippen LogP) is 1.36. The quantitative estimate of drug-likeness (QED) is 0.648. The molecule has 0 fully saturated rings. The Hall–Kier alpha value is -2.64. The molecule has 1 aromatic heterocycles. The summed E-state index contributed by atoms with van der Waals surface area (Å²) in [7, 11) is 3.34. The van der Waals surface area contributed by atoms with Crippen LogP contribution in [0.15, 0.2) is 18.2 Å². The highest BCUT2D eigenvalue weighted by molar-refractivity contribution is 5.85. The fraction of sp³-hybridized carbons (Fsp3) is 0.333. The lowest BCUT2D eigenvalue weighted by Gasteiger charge is -2.17. The van der Waals surface area contributed by atoms with Gasteiger partial charge in [0.1, 0.15) is 6.04 Å². The molecule has 0 spiro atoms. The molecular weight excluding hydrogens is 262 g/mol. The Bertz CT molecular complexity index is 664. The van der Waals surface area contributed by atoms with Crippen molar-refractivity contribution in [2.75, 3.05) is 19.4 Å². The minimum absolute atomic E-state index is 0.00915. The van der Waals surface area contributed by atoms with E-state index in [2.05, 4.69) is 15.3 Å². The summed E-state index contributed by atoms with van der Waals surface area (Å²) in [5.41, 5.74) is 1.14. The Morgan fingerprint density at radius 2 is 2.20 bits per heavy atom. The van der Waals surface area contributed by atoms with Gasteiger partial charge in [-0.3, -0.25) is 14.9 Å². The molecule has 20 heavy (non-hydrogen) atoms. The fourth-order valence-electron chi connectivity index (χ4n) is 1.83. The molecule has 1 heterocycles. The van der Waals surface area contributed by atoms with Gasteiger partial charge in [0.15, 0.2) is 0 Å². The van der Waals surface area contributed by atoms with Crippen LogP contribution in [0.2, 0.25) is 0 Å². The number of nitro benzene ring substituents is 1. The van der Waals surface area contributed by atoms with Crippen LogP contribution in [0.4, 0.5) is 11.6 Å². The molecule has 0 radical (unpaired) electrons. The number of hydrogen-bond acceptors (Lipinski definition) is 5. The molecule has 2 N–H and O–H groups in total. The molecule has 0 saturated heterocycles. The number of amides is 1. The van der Waals surface area contributed by atoms with Crippen molar-refractivity contribution in [2.45, 2.75) is 13.0 Å². The fourth-order valence-corrected chi connectivity index (χ4v) is 1.83. The van der Waals surface area contributed by atoms with E-state index in [4.69, 9.17) is 0 Å². The van der Waals surface area contributed by atoms with Gasteiger partial charge < -0.3 is 15.2 Å². The number of carbonyl (C=O) groups excluding carboxylic acids is 1. The molecular formula is C12H15N5O3. The summed E-state index contributed by atoms with van der Waals surface area (Å²) in [5.74, 6) is 0.319. The highest BCUT2D eigenvalue weighted by Gasteiger charge is 2.16. The number of hydrogen-bond donors (Lipinski definition) is 2. The normalized spacial score (nSPS) is 12.2. The monoisotopic (exact) mass is 277 g/mol. The van der Waals surface area contributed by atoms with Crippen molar-refractivity contribution < 1.29 is 9.72 Å². The Morgan fingerprint density at radius 3 is 2.80 bits per heavy atom. The maximum absolute atomic E-state index is 11.7. The third-order valence-electron chi connectivity index (χ3n) is 2.84. The van der Waals surface area contributed by atoms with Gasteiger partial charge in [0.25, 0.3) is 5.69 Å². The van der Waals surface area contributed by atoms with Crippen LogP contribution in [-0.2, 0) is 4.79 Å². The lowest BCUT2D eigenvalue weighted by atomic mass is 10.3. The Kier molecular flexibility index (Phi) is 3.55. The van der Waals surface area contributed by atoms with E-state index in [9.17, 15) is 14.9 Å². The number of anilines is 1. The van der Waals surface area contributed by atoms with E-state index in [0.29, 0.717) is 17.0 Å². The molecule has 2 rings (SSSR count). The molecule has 0 aliphatic rings. The minimum atomic E-state index is -0.467. The average Bonchev–Trinajstić information content (AvgIpc) is 2.78. The number of carbonyl (C=O) groups is 1. The van der Waals surface area contributed by atoms with Crippen molar-refractivity contribution in [1.82, 2.24) is 14.9 Å². The van der Waals surface area contributed by atoms with Crippen molar-refractivity contribution >= 4 is 28.6 Å². The Morgan fingerprint density at radius 1 is 1.50 bits per heavy atom. The molecule has 8 heteroatoms. The highest BCUT2D eigenvalue weighted by Crippen LogP contribution is 2.20. The van der Waals surface area contributed by atoms with E-state index in [1.165, 1.54) is 17.0 Å². The van der Waals surface area contributed by atoms with E-state index >= 15 is 0 Å². The number of rotatable bonds is 4. The van der Waals surface area contributed by atoms with Crippen LogP contribution >= 0.6 is 0 Å². The molecule has 1 amide bonds. The van der Waals surface area contributed by atoms with Crippen molar-refractivity contribution in [2.24, 2.45) is 0 Å². The van der Waals surface area contributed by atoms with E-state index < -0.39 is 11.0 Å². The van der Waals surface area contributed by atoms with E-state index in [1.54, 1.807) is 27.1 Å². The molecule has 0 aliphatic heterocycles. The first kappa shape index (κ1) is 13.8. The van der Waals surface area contributed by atoms with Gasteiger partial charge in [0, 0.05) is 26.2 Å². The zero-order chi connectivity index (χ0) is 14.9. The second-order valence-corrected chi connectivity index (χ2v) is 4.64. The zero-order valence-electron chi connectivity index (χ0n) is 11.4. The molecule has 1 aromatic carbocycles. The Balaban J connectivity index is 2.24. The summed E-state index contributed by atoms with van der Waals surface area (Å²) in [4.78, 5) is 30.6. The first-order chi connectivity index (χ1) is 9.38. The number of aromatic amines is 1. The predicted molar refractivity (Wildman–Crippen MR) is 74.5 cm³/mol. The number of fused-ring (bicyclic) bond motifs is 1. The van der Waals surface area contributed by atoms with Gasteiger partial charge in [-0.05, 0) is 13.0 Å². The summed E-state index contributed by atoms with van der Waals surface area (Å²) in [5, 5.41) is 13.6. The number of nitro groups is 1. The molecule has 106 valence electrons. The SMILES string of the molecule is CC(Nc1nc2ccc([N+](=O)[O-])cc2[nH]1)C(=O)N(C)C. The van der Waals surface area contributed by atoms with Crippen LogP contribution in [0.1, 0.15) is 6.92 Å². The summed E-state index contributed by atoms with van der Waals surface area (Å²) < 4.78 is 0. The first-order valence-corrected chi connectivity index (χ1v) is 6.00. The summed E-state index contributed by atoms with van der Waals surface area (Å²) in [6.07, 6.45) is 0. The number of imidazole rings is 1. The maximum Gasteiger partial charge on any atom is 0.271 e. The minimum Gasteiger partial charge on any atom is -0.347 e. The smallest absolute Gasteiger partial charge is 0.271 e. The van der Waals surface area contributed by atoms with Gasteiger partial charge in [-0.2, -0.15) is 0 Å². The number of likely N-dealkylation sites (N-methyl/N-ethyl adjacent to an activating group) is 1. The van der Waals surface area contributed by atoms with Crippen LogP contribution in [0.5, 0.6) is 0 Å². The van der Waals surface area contributed by atoms with Crippen LogP contribution in [0.25, 0.3) is 11.0 Å². The van der Waals surface area contributed by atoms with Gasteiger partial charge in [0.05, 0.1) is 16.0 Å². The van der Waals surface area contributed by atoms with Crippen LogP contribution in [-0.4, -0.2) is 45.8 Å². The van der Waals surface area contributed by atoms with Crippen molar-refractivity contribution in [1.29, 1.82) is 0 Å². The van der Waals surface area contributed by atoms with Gasteiger partial charge >= 0.3 is 0 Å². The first-order valence-electron chi connectivity index (χ1n) is 6.00. The van der Waals surface area contributed by atoms with Gasteiger partial charge in [-0.25, -0.2) is 4.98 Å². The second-order valence-electron chi connectivity index (χ2n) is 4.64. The third kappa shape index (κ3) is 2.68. The number of aromatic nitrogens is 2. The van der Waals surface area contributed by atoms with Crippen LogP contribution in [0.3, 0.4) is 0 Å². The van der Waals surface area contributed by atoms with Gasteiger partial charge in [-0.15, -0.1) is 0 Å². The number of H-pyrrole nitrogens is 1. The van der Waals surface area contributed by atoms with Crippen molar-refractivity contribution in [3.63, 3.8) is 0 Å². The standard InChI is InChI=1S/C12H15N5O3/c1-7(11(18)16(2)3)13-12-14-9-5-4-8(17(19)20)6-10(9)15-12/h4-7H,1-3H3,(H2,13,14,15).